The summed E-state index contributed by atoms with van der Waals surface area (Å²) in [4.78, 5) is 2.07. The van der Waals surface area contributed by atoms with Gasteiger partial charge in [0.05, 0.1) is 12.1 Å². The molecule has 1 N–H and O–H groups in total. The molecule has 106 valence electrons. The molecule has 1 unspecified atom stereocenters. The predicted molar refractivity (Wildman–Crippen MR) is 70.2 cm³/mol. The third-order valence-electron chi connectivity index (χ3n) is 3.45. The summed E-state index contributed by atoms with van der Waals surface area (Å²) in [6.45, 7) is 3.75. The fourth-order valence-corrected chi connectivity index (χ4v) is 2.39. The van der Waals surface area contributed by atoms with Crippen molar-refractivity contribution in [3.05, 3.63) is 36.0 Å². The lowest BCUT2D eigenvalue weighted by atomic mass is 10.1. The van der Waals surface area contributed by atoms with Crippen molar-refractivity contribution >= 4 is 0 Å². The number of halogens is 1. The summed E-state index contributed by atoms with van der Waals surface area (Å²) in [5.74, 6) is 0.584. The highest BCUT2D eigenvalue weighted by Crippen LogP contribution is 2.23. The van der Waals surface area contributed by atoms with Crippen LogP contribution in [0.2, 0.25) is 0 Å². The van der Waals surface area contributed by atoms with Crippen molar-refractivity contribution in [3.63, 3.8) is 0 Å². The van der Waals surface area contributed by atoms with E-state index in [1.165, 1.54) is 12.1 Å². The van der Waals surface area contributed by atoms with E-state index in [9.17, 15) is 9.50 Å². The minimum absolute atomic E-state index is 0.298. The number of hydrogen-bond acceptors (Lipinski definition) is 5. The Morgan fingerprint density at radius 1 is 1.35 bits per heavy atom. The second-order valence-corrected chi connectivity index (χ2v) is 5.47. The molecule has 1 aromatic heterocycles. The van der Waals surface area contributed by atoms with Gasteiger partial charge in [-0.1, -0.05) is 0 Å². The van der Waals surface area contributed by atoms with E-state index in [4.69, 9.17) is 4.42 Å². The van der Waals surface area contributed by atoms with Gasteiger partial charge in [-0.2, -0.15) is 0 Å². The Bertz CT molecular complexity index is 595. The summed E-state index contributed by atoms with van der Waals surface area (Å²) in [7, 11) is 0. The van der Waals surface area contributed by atoms with Crippen LogP contribution in [0, 0.1) is 5.82 Å². The van der Waals surface area contributed by atoms with Crippen LogP contribution < -0.4 is 0 Å². The molecule has 5 nitrogen and oxygen atoms in total. The van der Waals surface area contributed by atoms with Gasteiger partial charge in [0.15, 0.2) is 0 Å². The molecule has 3 rings (SSSR count). The van der Waals surface area contributed by atoms with Crippen LogP contribution in [-0.2, 0) is 6.54 Å². The minimum atomic E-state index is -0.639. The number of aromatic nitrogens is 2. The Balaban J connectivity index is 1.70. The quantitative estimate of drug-likeness (QED) is 0.927. The second-order valence-electron chi connectivity index (χ2n) is 5.47. The summed E-state index contributed by atoms with van der Waals surface area (Å²) < 4.78 is 18.4. The highest BCUT2D eigenvalue weighted by Gasteiger charge is 2.31. The zero-order valence-electron chi connectivity index (χ0n) is 11.2. The first-order valence-corrected chi connectivity index (χ1v) is 6.55. The van der Waals surface area contributed by atoms with Gasteiger partial charge >= 0.3 is 0 Å². The molecular weight excluding hydrogens is 261 g/mol. The molecule has 1 saturated heterocycles. The number of β-amino-alcohol motifs (C(OH)–C–C–N with tert-alkyl or cyclic N) is 1. The fraction of sp³-hybridized carbons (Fsp3) is 0.429. The van der Waals surface area contributed by atoms with Crippen LogP contribution in [0.15, 0.2) is 28.7 Å². The SMILES string of the molecule is CC1(O)CCN(Cc2nnc(-c3ccc(F)cc3)o2)C1. The number of nitrogens with zero attached hydrogens (tertiary/aromatic N) is 3. The lowest BCUT2D eigenvalue weighted by molar-refractivity contribution is 0.0668. The summed E-state index contributed by atoms with van der Waals surface area (Å²) in [5, 5.41) is 17.9. The third-order valence-corrected chi connectivity index (χ3v) is 3.45. The van der Waals surface area contributed by atoms with Gasteiger partial charge in [0.25, 0.3) is 0 Å². The van der Waals surface area contributed by atoms with Crippen LogP contribution in [-0.4, -0.2) is 38.9 Å². The molecule has 6 heteroatoms. The van der Waals surface area contributed by atoms with Gasteiger partial charge in [0, 0.05) is 18.7 Å². The highest BCUT2D eigenvalue weighted by molar-refractivity contribution is 5.51. The number of rotatable bonds is 3. The zero-order valence-corrected chi connectivity index (χ0v) is 11.2. The van der Waals surface area contributed by atoms with Crippen LogP contribution in [0.4, 0.5) is 4.39 Å². The van der Waals surface area contributed by atoms with E-state index in [0.29, 0.717) is 30.4 Å². The normalized spacial score (nSPS) is 23.4. The van der Waals surface area contributed by atoms with Crippen LogP contribution in [0.1, 0.15) is 19.2 Å². The Morgan fingerprint density at radius 2 is 2.10 bits per heavy atom. The Hall–Kier alpha value is -1.79. The average Bonchev–Trinajstić information content (AvgIpc) is 2.98. The molecule has 0 spiro atoms. The molecule has 2 aromatic rings. The van der Waals surface area contributed by atoms with Crippen LogP contribution in [0.5, 0.6) is 0 Å². The maximum Gasteiger partial charge on any atom is 0.247 e. The molecule has 0 bridgehead atoms. The van der Waals surface area contributed by atoms with Gasteiger partial charge in [-0.05, 0) is 37.6 Å². The van der Waals surface area contributed by atoms with Crippen molar-refractivity contribution in [1.82, 2.24) is 15.1 Å². The van der Waals surface area contributed by atoms with E-state index < -0.39 is 5.60 Å². The third kappa shape index (κ3) is 2.86. The second kappa shape index (κ2) is 4.96. The van der Waals surface area contributed by atoms with E-state index in [-0.39, 0.29) is 5.82 Å². The Kier molecular flexibility index (Phi) is 3.27. The van der Waals surface area contributed by atoms with Gasteiger partial charge in [-0.15, -0.1) is 10.2 Å². The van der Waals surface area contributed by atoms with Crippen molar-refractivity contribution in [2.75, 3.05) is 13.1 Å². The van der Waals surface area contributed by atoms with Crippen molar-refractivity contribution in [1.29, 1.82) is 0 Å². The van der Waals surface area contributed by atoms with Gasteiger partial charge in [0.2, 0.25) is 11.8 Å². The minimum Gasteiger partial charge on any atom is -0.419 e. The maximum absolute atomic E-state index is 12.9. The smallest absolute Gasteiger partial charge is 0.247 e. The molecule has 2 heterocycles. The topological polar surface area (TPSA) is 62.4 Å². The van der Waals surface area contributed by atoms with Gasteiger partial charge in [-0.3, -0.25) is 4.90 Å². The molecule has 0 radical (unpaired) electrons. The number of likely N-dealkylation sites (tertiary alicyclic amines) is 1. The largest absolute Gasteiger partial charge is 0.419 e. The molecule has 1 atom stereocenters. The molecule has 1 aromatic carbocycles. The first kappa shape index (κ1) is 13.2. The Morgan fingerprint density at radius 3 is 2.75 bits per heavy atom. The maximum atomic E-state index is 12.9. The van der Waals surface area contributed by atoms with Gasteiger partial charge in [0.1, 0.15) is 5.82 Å². The van der Waals surface area contributed by atoms with Crippen molar-refractivity contribution < 1.29 is 13.9 Å². The summed E-state index contributed by atoms with van der Waals surface area (Å²) >= 11 is 0. The summed E-state index contributed by atoms with van der Waals surface area (Å²) in [6.07, 6.45) is 0.742. The molecule has 20 heavy (non-hydrogen) atoms. The fourth-order valence-electron chi connectivity index (χ4n) is 2.39. The monoisotopic (exact) mass is 277 g/mol. The molecule has 1 aliphatic rings. The lowest BCUT2D eigenvalue weighted by Crippen LogP contribution is -2.29. The molecule has 0 amide bonds. The van der Waals surface area contributed by atoms with Crippen LogP contribution in [0.25, 0.3) is 11.5 Å². The average molecular weight is 277 g/mol. The van der Waals surface area contributed by atoms with Crippen molar-refractivity contribution in [2.45, 2.75) is 25.5 Å². The first-order valence-electron chi connectivity index (χ1n) is 6.55. The summed E-state index contributed by atoms with van der Waals surface area (Å²) in [5.41, 5.74) is 0.0540. The van der Waals surface area contributed by atoms with Crippen molar-refractivity contribution in [3.8, 4) is 11.5 Å². The zero-order chi connectivity index (χ0) is 14.2. The summed E-state index contributed by atoms with van der Waals surface area (Å²) in [6, 6.07) is 5.92. The van der Waals surface area contributed by atoms with E-state index >= 15 is 0 Å². The van der Waals surface area contributed by atoms with Gasteiger partial charge in [-0.25, -0.2) is 4.39 Å². The number of benzene rings is 1. The number of aliphatic hydroxyl groups is 1. The molecule has 0 aliphatic carbocycles. The van der Waals surface area contributed by atoms with E-state index in [1.807, 2.05) is 6.92 Å². The van der Waals surface area contributed by atoms with E-state index in [0.717, 1.165) is 13.0 Å². The Labute approximate surface area is 116 Å². The van der Waals surface area contributed by atoms with Gasteiger partial charge < -0.3 is 9.52 Å². The number of hydrogen-bond donors (Lipinski definition) is 1. The highest BCUT2D eigenvalue weighted by atomic mass is 19.1. The lowest BCUT2D eigenvalue weighted by Gasteiger charge is -2.16. The van der Waals surface area contributed by atoms with E-state index in [2.05, 4.69) is 15.1 Å². The van der Waals surface area contributed by atoms with Crippen LogP contribution in [0.3, 0.4) is 0 Å². The molecule has 1 fully saturated rings. The van der Waals surface area contributed by atoms with Crippen molar-refractivity contribution in [2.24, 2.45) is 0 Å². The van der Waals surface area contributed by atoms with Crippen LogP contribution >= 0.6 is 0 Å². The molecular formula is C14H16FN3O2. The predicted octanol–water partition coefficient (Wildman–Crippen LogP) is 1.83. The standard InChI is InChI=1S/C14H16FN3O2/c1-14(19)6-7-18(9-14)8-12-16-17-13(20-12)10-2-4-11(15)5-3-10/h2-5,19H,6-9H2,1H3. The first-order chi connectivity index (χ1) is 9.52. The molecule has 1 aliphatic heterocycles. The molecule has 0 saturated carbocycles. The van der Waals surface area contributed by atoms with E-state index in [1.54, 1.807) is 12.1 Å².